The maximum Gasteiger partial charge on any atom is 0.260 e. The van der Waals surface area contributed by atoms with Crippen LogP contribution in [0.1, 0.15) is 19.3 Å². The molecule has 0 bridgehead atoms. The Labute approximate surface area is 125 Å². The van der Waals surface area contributed by atoms with Gasteiger partial charge in [0.2, 0.25) is 0 Å². The summed E-state index contributed by atoms with van der Waals surface area (Å²) < 4.78 is 18.7. The predicted molar refractivity (Wildman–Crippen MR) is 79.7 cm³/mol. The maximum atomic E-state index is 13.4. The number of carbonyl (C=O) groups excluding carboxylic acids is 1. The fourth-order valence-corrected chi connectivity index (χ4v) is 2.61. The van der Waals surface area contributed by atoms with Gasteiger partial charge in [0, 0.05) is 13.1 Å². The number of hydrogen-bond donors (Lipinski definition) is 1. The van der Waals surface area contributed by atoms with E-state index in [1.807, 2.05) is 11.9 Å². The van der Waals surface area contributed by atoms with Crippen molar-refractivity contribution in [2.24, 2.45) is 5.92 Å². The molecular formula is C16H23FN2O2. The molecule has 0 radical (unpaired) electrons. The van der Waals surface area contributed by atoms with Crippen LogP contribution in [0.25, 0.3) is 0 Å². The van der Waals surface area contributed by atoms with Crippen molar-refractivity contribution in [3.05, 3.63) is 30.1 Å². The normalized spacial score (nSPS) is 16.0. The summed E-state index contributed by atoms with van der Waals surface area (Å²) in [5.74, 6) is 0.324. The molecule has 1 aliphatic heterocycles. The predicted octanol–water partition coefficient (Wildman–Crippen LogP) is 2.05. The zero-order valence-corrected chi connectivity index (χ0v) is 12.5. The summed E-state index contributed by atoms with van der Waals surface area (Å²) in [4.78, 5) is 13.9. The first kappa shape index (κ1) is 15.8. The van der Waals surface area contributed by atoms with E-state index in [2.05, 4.69) is 5.32 Å². The average molecular weight is 294 g/mol. The lowest BCUT2D eigenvalue weighted by atomic mass is 9.93. The molecule has 1 amide bonds. The summed E-state index contributed by atoms with van der Waals surface area (Å²) in [5, 5.41) is 3.16. The highest BCUT2D eigenvalue weighted by Gasteiger charge is 2.22. The molecular weight excluding hydrogens is 271 g/mol. The maximum absolute atomic E-state index is 13.4. The van der Waals surface area contributed by atoms with E-state index in [-0.39, 0.29) is 18.3 Å². The van der Waals surface area contributed by atoms with Gasteiger partial charge in [-0.3, -0.25) is 4.79 Å². The molecule has 116 valence electrons. The van der Waals surface area contributed by atoms with E-state index in [0.29, 0.717) is 5.92 Å². The molecule has 1 aliphatic rings. The summed E-state index contributed by atoms with van der Waals surface area (Å²) in [6.45, 7) is 2.47. The fraction of sp³-hybridized carbons (Fsp3) is 0.562. The summed E-state index contributed by atoms with van der Waals surface area (Å²) in [7, 11) is 1.96. The van der Waals surface area contributed by atoms with Gasteiger partial charge < -0.3 is 15.0 Å². The summed E-state index contributed by atoms with van der Waals surface area (Å²) in [6.07, 6.45) is 3.23. The van der Waals surface area contributed by atoms with Crippen LogP contribution in [0.15, 0.2) is 24.3 Å². The largest absolute Gasteiger partial charge is 0.481 e. The Kier molecular flexibility index (Phi) is 5.99. The number of para-hydroxylation sites is 1. The van der Waals surface area contributed by atoms with Crippen molar-refractivity contribution in [1.82, 2.24) is 10.2 Å². The molecule has 5 heteroatoms. The Morgan fingerprint density at radius 2 is 2.10 bits per heavy atom. The second kappa shape index (κ2) is 7.98. The lowest BCUT2D eigenvalue weighted by Crippen LogP contribution is -2.41. The van der Waals surface area contributed by atoms with E-state index >= 15 is 0 Å². The van der Waals surface area contributed by atoms with Gasteiger partial charge in [-0.1, -0.05) is 12.1 Å². The molecule has 0 saturated carbocycles. The van der Waals surface area contributed by atoms with Crippen LogP contribution in [-0.2, 0) is 4.79 Å². The van der Waals surface area contributed by atoms with Gasteiger partial charge >= 0.3 is 0 Å². The van der Waals surface area contributed by atoms with Crippen LogP contribution in [0.4, 0.5) is 4.39 Å². The molecule has 0 atom stereocenters. The van der Waals surface area contributed by atoms with Crippen LogP contribution in [0.2, 0.25) is 0 Å². The lowest BCUT2D eigenvalue weighted by molar-refractivity contribution is -0.134. The number of benzene rings is 1. The minimum atomic E-state index is -0.434. The Balaban J connectivity index is 1.74. The number of ether oxygens (including phenoxy) is 1. The van der Waals surface area contributed by atoms with Crippen molar-refractivity contribution in [3.63, 3.8) is 0 Å². The van der Waals surface area contributed by atoms with Crippen molar-refractivity contribution in [2.45, 2.75) is 19.3 Å². The molecule has 2 rings (SSSR count). The number of likely N-dealkylation sites (tertiary alicyclic amines) is 1. The first-order valence-electron chi connectivity index (χ1n) is 7.50. The number of piperidine rings is 1. The number of carbonyl (C=O) groups is 1. The van der Waals surface area contributed by atoms with Gasteiger partial charge in [-0.2, -0.15) is 0 Å². The first-order chi connectivity index (χ1) is 10.2. The van der Waals surface area contributed by atoms with Crippen molar-refractivity contribution < 1.29 is 13.9 Å². The van der Waals surface area contributed by atoms with Gasteiger partial charge in [0.1, 0.15) is 0 Å². The molecule has 1 aromatic rings. The van der Waals surface area contributed by atoms with E-state index in [9.17, 15) is 9.18 Å². The van der Waals surface area contributed by atoms with Gasteiger partial charge in [0.25, 0.3) is 5.91 Å². The summed E-state index contributed by atoms with van der Waals surface area (Å²) in [5.41, 5.74) is 0. The van der Waals surface area contributed by atoms with E-state index in [0.717, 1.165) is 38.9 Å². The quantitative estimate of drug-likeness (QED) is 0.873. The Hall–Kier alpha value is -1.62. The molecule has 0 unspecified atom stereocenters. The van der Waals surface area contributed by atoms with Crippen molar-refractivity contribution in [2.75, 3.05) is 33.3 Å². The van der Waals surface area contributed by atoms with Gasteiger partial charge in [-0.25, -0.2) is 4.39 Å². The number of hydrogen-bond acceptors (Lipinski definition) is 3. The molecule has 0 spiro atoms. The molecule has 21 heavy (non-hydrogen) atoms. The Morgan fingerprint density at radius 3 is 2.76 bits per heavy atom. The van der Waals surface area contributed by atoms with Gasteiger partial charge in [-0.15, -0.1) is 0 Å². The number of nitrogens with one attached hydrogen (secondary N) is 1. The van der Waals surface area contributed by atoms with Crippen molar-refractivity contribution >= 4 is 5.91 Å². The monoisotopic (exact) mass is 294 g/mol. The zero-order chi connectivity index (χ0) is 15.1. The number of rotatable bonds is 6. The zero-order valence-electron chi connectivity index (χ0n) is 12.5. The average Bonchev–Trinajstić information content (AvgIpc) is 2.52. The first-order valence-corrected chi connectivity index (χ1v) is 7.50. The highest BCUT2D eigenvalue weighted by Crippen LogP contribution is 2.20. The molecule has 1 N–H and O–H groups in total. The van der Waals surface area contributed by atoms with E-state index in [4.69, 9.17) is 4.74 Å². The standard InChI is InChI=1S/C16H23FN2O2/c1-18-9-6-13-7-10-19(11-8-13)16(20)12-21-15-5-3-2-4-14(15)17/h2-5,13,18H,6-12H2,1H3. The van der Waals surface area contributed by atoms with Crippen LogP contribution in [0, 0.1) is 11.7 Å². The third-order valence-corrected chi connectivity index (χ3v) is 3.96. The minimum Gasteiger partial charge on any atom is -0.481 e. The van der Waals surface area contributed by atoms with Crippen LogP contribution < -0.4 is 10.1 Å². The van der Waals surface area contributed by atoms with Crippen LogP contribution in [0.5, 0.6) is 5.75 Å². The summed E-state index contributed by atoms with van der Waals surface area (Å²) >= 11 is 0. The van der Waals surface area contributed by atoms with E-state index < -0.39 is 5.82 Å². The third kappa shape index (κ3) is 4.70. The molecule has 0 aliphatic carbocycles. The van der Waals surface area contributed by atoms with Gasteiger partial charge in [0.05, 0.1) is 0 Å². The molecule has 1 heterocycles. The highest BCUT2D eigenvalue weighted by atomic mass is 19.1. The SMILES string of the molecule is CNCCC1CCN(C(=O)COc2ccccc2F)CC1. The number of nitrogens with zero attached hydrogens (tertiary/aromatic N) is 1. The third-order valence-electron chi connectivity index (χ3n) is 3.96. The van der Waals surface area contributed by atoms with E-state index in [1.165, 1.54) is 12.1 Å². The minimum absolute atomic E-state index is 0.0645. The lowest BCUT2D eigenvalue weighted by Gasteiger charge is -2.32. The smallest absolute Gasteiger partial charge is 0.260 e. The van der Waals surface area contributed by atoms with Crippen LogP contribution >= 0.6 is 0 Å². The van der Waals surface area contributed by atoms with Crippen molar-refractivity contribution in [1.29, 1.82) is 0 Å². The second-order valence-electron chi connectivity index (χ2n) is 5.44. The van der Waals surface area contributed by atoms with Crippen LogP contribution in [0.3, 0.4) is 0 Å². The van der Waals surface area contributed by atoms with Crippen LogP contribution in [-0.4, -0.2) is 44.1 Å². The second-order valence-corrected chi connectivity index (χ2v) is 5.44. The number of amides is 1. The number of halogens is 1. The van der Waals surface area contributed by atoms with E-state index in [1.54, 1.807) is 12.1 Å². The molecule has 0 aromatic heterocycles. The Bertz CT molecular complexity index is 459. The van der Waals surface area contributed by atoms with Gasteiger partial charge in [0.15, 0.2) is 18.2 Å². The Morgan fingerprint density at radius 1 is 1.38 bits per heavy atom. The topological polar surface area (TPSA) is 41.6 Å². The molecule has 1 fully saturated rings. The molecule has 1 saturated heterocycles. The summed E-state index contributed by atoms with van der Waals surface area (Å²) in [6, 6.07) is 6.15. The highest BCUT2D eigenvalue weighted by molar-refractivity contribution is 5.77. The van der Waals surface area contributed by atoms with Gasteiger partial charge in [-0.05, 0) is 50.9 Å². The molecule has 4 nitrogen and oxygen atoms in total. The fourth-order valence-electron chi connectivity index (χ4n) is 2.61. The molecule has 1 aromatic carbocycles. The van der Waals surface area contributed by atoms with Crippen molar-refractivity contribution in [3.8, 4) is 5.75 Å².